The van der Waals surface area contributed by atoms with Crippen LogP contribution in [0.25, 0.3) is 0 Å². The van der Waals surface area contributed by atoms with Gasteiger partial charge in [0.15, 0.2) is 0 Å². The maximum absolute atomic E-state index is 11.5. The Balaban J connectivity index is 0.000000258. The molecule has 1 fully saturated rings. The van der Waals surface area contributed by atoms with Crippen LogP contribution < -0.4 is 5.73 Å². The van der Waals surface area contributed by atoms with Crippen LogP contribution in [-0.2, 0) is 19.1 Å². The summed E-state index contributed by atoms with van der Waals surface area (Å²) >= 11 is 0. The highest BCUT2D eigenvalue weighted by Gasteiger charge is 2.24. The second-order valence-electron chi connectivity index (χ2n) is 7.59. The molecule has 6 nitrogen and oxygen atoms in total. The molecule has 6 heteroatoms. The largest absolute Gasteiger partial charge is 0.465 e. The van der Waals surface area contributed by atoms with Crippen molar-refractivity contribution in [3.8, 4) is 0 Å². The molecule has 1 aliphatic rings. The normalized spacial score (nSPS) is 13.6. The van der Waals surface area contributed by atoms with E-state index in [2.05, 4.69) is 4.99 Å². The molecule has 1 atom stereocenters. The van der Waals surface area contributed by atoms with E-state index in [0.717, 1.165) is 23.3 Å². The van der Waals surface area contributed by atoms with Crippen molar-refractivity contribution >= 4 is 17.7 Å². The first-order valence-electron chi connectivity index (χ1n) is 11.3. The molecule has 0 radical (unpaired) electrons. The molecule has 2 aromatic carbocycles. The SMILES string of the molecule is CCOC(=O)C(N)CC1CCC1.CCOC(=O)CN=C(c1ccccc1)c1ccccc1. The van der Waals surface area contributed by atoms with Crippen LogP contribution in [0.4, 0.5) is 0 Å². The fourth-order valence-electron chi connectivity index (χ4n) is 3.32. The van der Waals surface area contributed by atoms with Gasteiger partial charge in [-0.15, -0.1) is 0 Å². The van der Waals surface area contributed by atoms with Crippen molar-refractivity contribution in [1.29, 1.82) is 0 Å². The molecule has 1 saturated carbocycles. The number of carbonyl (C=O) groups is 2. The van der Waals surface area contributed by atoms with Crippen molar-refractivity contribution in [2.45, 2.75) is 45.6 Å². The zero-order chi connectivity index (χ0) is 23.2. The summed E-state index contributed by atoms with van der Waals surface area (Å²) in [6.45, 7) is 4.43. The van der Waals surface area contributed by atoms with E-state index in [1.54, 1.807) is 13.8 Å². The Labute approximate surface area is 190 Å². The molecule has 2 aromatic rings. The van der Waals surface area contributed by atoms with Crippen LogP contribution in [0.2, 0.25) is 0 Å². The van der Waals surface area contributed by atoms with Gasteiger partial charge in [0.1, 0.15) is 12.6 Å². The van der Waals surface area contributed by atoms with Gasteiger partial charge in [-0.3, -0.25) is 14.6 Å². The van der Waals surface area contributed by atoms with Crippen molar-refractivity contribution in [2.24, 2.45) is 16.6 Å². The van der Waals surface area contributed by atoms with E-state index in [1.807, 2.05) is 60.7 Å². The number of ether oxygens (including phenoxy) is 2. The number of hydrogen-bond acceptors (Lipinski definition) is 6. The van der Waals surface area contributed by atoms with E-state index in [1.165, 1.54) is 19.3 Å². The highest BCUT2D eigenvalue weighted by Crippen LogP contribution is 2.30. The standard InChI is InChI=1S/C17H17NO2.C9H17NO2/c1-2-20-16(19)13-18-17(14-9-5-3-6-10-14)15-11-7-4-8-12-15;1-2-12-9(11)8(10)6-7-4-3-5-7/h3-12H,2,13H2,1H3;7-8H,2-6,10H2,1H3. The molecule has 0 aliphatic heterocycles. The zero-order valence-electron chi connectivity index (χ0n) is 19.0. The highest BCUT2D eigenvalue weighted by atomic mass is 16.5. The molecule has 2 N–H and O–H groups in total. The number of carbonyl (C=O) groups excluding carboxylic acids is 2. The average molecular weight is 439 g/mol. The third-order valence-electron chi connectivity index (χ3n) is 5.17. The Morgan fingerprint density at radius 1 is 0.938 bits per heavy atom. The zero-order valence-corrected chi connectivity index (χ0v) is 19.0. The van der Waals surface area contributed by atoms with Crippen LogP contribution in [0.3, 0.4) is 0 Å². The molecule has 172 valence electrons. The van der Waals surface area contributed by atoms with Crippen molar-refractivity contribution in [3.63, 3.8) is 0 Å². The van der Waals surface area contributed by atoms with Gasteiger partial charge in [0.25, 0.3) is 0 Å². The van der Waals surface area contributed by atoms with Crippen LogP contribution in [0.5, 0.6) is 0 Å². The molecular weight excluding hydrogens is 404 g/mol. The van der Waals surface area contributed by atoms with E-state index in [-0.39, 0.29) is 18.5 Å². The molecule has 3 rings (SSSR count). The van der Waals surface area contributed by atoms with Gasteiger partial charge in [-0.2, -0.15) is 0 Å². The number of benzene rings is 2. The number of aliphatic imine (C=N–C) groups is 1. The minimum Gasteiger partial charge on any atom is -0.465 e. The first-order chi connectivity index (χ1) is 15.5. The first-order valence-corrected chi connectivity index (χ1v) is 11.3. The van der Waals surface area contributed by atoms with E-state index in [4.69, 9.17) is 15.2 Å². The molecule has 0 heterocycles. The van der Waals surface area contributed by atoms with Gasteiger partial charge >= 0.3 is 11.9 Å². The number of nitrogens with two attached hydrogens (primary N) is 1. The molecule has 0 saturated heterocycles. The topological polar surface area (TPSA) is 91.0 Å². The molecule has 1 aliphatic carbocycles. The van der Waals surface area contributed by atoms with Crippen LogP contribution >= 0.6 is 0 Å². The summed E-state index contributed by atoms with van der Waals surface area (Å²) in [4.78, 5) is 27.0. The summed E-state index contributed by atoms with van der Waals surface area (Å²) in [5.74, 6) is 0.116. The molecule has 0 spiro atoms. The number of rotatable bonds is 9. The van der Waals surface area contributed by atoms with Crippen molar-refractivity contribution < 1.29 is 19.1 Å². The fraction of sp³-hybridized carbons (Fsp3) is 0.423. The van der Waals surface area contributed by atoms with E-state index in [9.17, 15) is 9.59 Å². The van der Waals surface area contributed by atoms with E-state index >= 15 is 0 Å². The second-order valence-corrected chi connectivity index (χ2v) is 7.59. The van der Waals surface area contributed by atoms with Crippen molar-refractivity contribution in [2.75, 3.05) is 19.8 Å². The van der Waals surface area contributed by atoms with Crippen LogP contribution in [0.1, 0.15) is 50.7 Å². The molecular formula is C26H34N2O4. The van der Waals surface area contributed by atoms with Crippen LogP contribution in [0, 0.1) is 5.92 Å². The average Bonchev–Trinajstić information content (AvgIpc) is 2.78. The Bertz CT molecular complexity index is 807. The lowest BCUT2D eigenvalue weighted by molar-refractivity contribution is -0.145. The third kappa shape index (κ3) is 8.63. The highest BCUT2D eigenvalue weighted by molar-refractivity contribution is 6.13. The van der Waals surface area contributed by atoms with E-state index < -0.39 is 6.04 Å². The van der Waals surface area contributed by atoms with Gasteiger partial charge in [-0.1, -0.05) is 79.9 Å². The smallest absolute Gasteiger partial charge is 0.327 e. The van der Waals surface area contributed by atoms with Gasteiger partial charge in [-0.05, 0) is 26.2 Å². The summed E-state index contributed by atoms with van der Waals surface area (Å²) in [5.41, 5.74) is 8.42. The molecule has 0 bridgehead atoms. The summed E-state index contributed by atoms with van der Waals surface area (Å²) < 4.78 is 9.73. The van der Waals surface area contributed by atoms with Gasteiger partial charge in [-0.25, -0.2) is 0 Å². The number of hydrogen-bond donors (Lipinski definition) is 1. The summed E-state index contributed by atoms with van der Waals surface area (Å²) in [6.07, 6.45) is 4.55. The Kier molecular flexibility index (Phi) is 11.2. The first kappa shape index (κ1) is 25.3. The molecule has 32 heavy (non-hydrogen) atoms. The monoisotopic (exact) mass is 438 g/mol. The van der Waals surface area contributed by atoms with E-state index in [0.29, 0.717) is 19.1 Å². The minimum atomic E-state index is -0.393. The summed E-state index contributed by atoms with van der Waals surface area (Å²) in [6, 6.07) is 19.3. The van der Waals surface area contributed by atoms with Crippen LogP contribution in [0.15, 0.2) is 65.7 Å². The number of esters is 2. The third-order valence-corrected chi connectivity index (χ3v) is 5.17. The Morgan fingerprint density at radius 3 is 1.91 bits per heavy atom. The summed E-state index contributed by atoms with van der Waals surface area (Å²) in [5, 5.41) is 0. The van der Waals surface area contributed by atoms with Gasteiger partial charge in [0, 0.05) is 11.1 Å². The lowest BCUT2D eigenvalue weighted by atomic mass is 9.81. The lowest BCUT2D eigenvalue weighted by Gasteiger charge is -2.27. The molecule has 0 amide bonds. The molecule has 0 aromatic heterocycles. The predicted molar refractivity (Wildman–Crippen MR) is 127 cm³/mol. The van der Waals surface area contributed by atoms with Gasteiger partial charge < -0.3 is 15.2 Å². The summed E-state index contributed by atoms with van der Waals surface area (Å²) in [7, 11) is 0. The minimum absolute atomic E-state index is 0.0347. The van der Waals surface area contributed by atoms with Gasteiger partial charge in [0.2, 0.25) is 0 Å². The Morgan fingerprint density at radius 2 is 1.47 bits per heavy atom. The Hall–Kier alpha value is -2.99. The maximum Gasteiger partial charge on any atom is 0.327 e. The van der Waals surface area contributed by atoms with Gasteiger partial charge in [0.05, 0.1) is 18.9 Å². The lowest BCUT2D eigenvalue weighted by Crippen LogP contribution is -2.35. The van der Waals surface area contributed by atoms with Crippen LogP contribution in [-0.4, -0.2) is 43.5 Å². The fourth-order valence-corrected chi connectivity index (χ4v) is 3.32. The maximum atomic E-state index is 11.5. The second kappa shape index (κ2) is 14.1. The van der Waals surface area contributed by atoms with Crippen molar-refractivity contribution in [3.05, 3.63) is 71.8 Å². The van der Waals surface area contributed by atoms with Crippen molar-refractivity contribution in [1.82, 2.24) is 0 Å². The predicted octanol–water partition coefficient (Wildman–Crippen LogP) is 4.15. The quantitative estimate of drug-likeness (QED) is 0.469. The molecule has 1 unspecified atom stereocenters. The number of nitrogens with zero attached hydrogens (tertiary/aromatic N) is 1.